The van der Waals surface area contributed by atoms with Crippen molar-refractivity contribution >= 4 is 67.5 Å². The van der Waals surface area contributed by atoms with Gasteiger partial charge >= 0.3 is 30.1 Å². The van der Waals surface area contributed by atoms with Gasteiger partial charge in [-0.3, -0.25) is 23.7 Å². The van der Waals surface area contributed by atoms with E-state index in [2.05, 4.69) is 78.1 Å². The third kappa shape index (κ3) is 14.3. The maximum atomic E-state index is 14.3. The summed E-state index contributed by atoms with van der Waals surface area (Å²) < 4.78 is 144. The number of carbonyl (C=O) groups excluding carboxylic acids is 3. The van der Waals surface area contributed by atoms with Crippen LogP contribution in [-0.4, -0.2) is 122 Å². The van der Waals surface area contributed by atoms with E-state index >= 15 is 0 Å². The van der Waals surface area contributed by atoms with Gasteiger partial charge in [-0.1, -0.05) is 0 Å². The van der Waals surface area contributed by atoms with Gasteiger partial charge in [-0.05, 0) is 65.2 Å². The maximum Gasteiger partial charge on any atom is 0.458 e. The Labute approximate surface area is 450 Å². The van der Waals surface area contributed by atoms with Crippen molar-refractivity contribution in [1.82, 2.24) is 59.4 Å². The van der Waals surface area contributed by atoms with Crippen molar-refractivity contribution < 1.29 is 67.1 Å². The van der Waals surface area contributed by atoms with E-state index in [1.54, 1.807) is 18.5 Å². The van der Waals surface area contributed by atoms with Crippen LogP contribution in [0, 0.1) is 52.1 Å². The Balaban J connectivity index is 0.000000178. The quantitative estimate of drug-likeness (QED) is 0.0529. The summed E-state index contributed by atoms with van der Waals surface area (Å²) in [6.45, 7) is 2.51. The minimum Gasteiger partial charge on any atom is -0.356 e. The van der Waals surface area contributed by atoms with Crippen molar-refractivity contribution in [2.45, 2.75) is 56.3 Å². The van der Waals surface area contributed by atoms with Crippen LogP contribution in [0.4, 0.5) is 64.3 Å². The first kappa shape index (κ1) is 58.9. The van der Waals surface area contributed by atoms with Gasteiger partial charge in [0.15, 0.2) is 17.5 Å². The molecule has 10 heterocycles. The zero-order valence-electron chi connectivity index (χ0n) is 40.5. The fourth-order valence-electron chi connectivity index (χ4n) is 8.70. The lowest BCUT2D eigenvalue weighted by Crippen LogP contribution is -2.39. The second-order valence-corrected chi connectivity index (χ2v) is 18.2. The molecule has 418 valence electrons. The van der Waals surface area contributed by atoms with Crippen LogP contribution in [0.5, 0.6) is 0 Å². The minimum absolute atomic E-state index is 0.111. The topological polar surface area (TPSA) is 250 Å². The highest BCUT2D eigenvalue weighted by Crippen LogP contribution is 2.37. The zero-order chi connectivity index (χ0) is 58.1. The predicted molar refractivity (Wildman–Crippen MR) is 260 cm³/mol. The fourth-order valence-corrected chi connectivity index (χ4v) is 9.00. The lowest BCUT2D eigenvalue weighted by molar-refractivity contribution is -0.193. The van der Waals surface area contributed by atoms with Crippen molar-refractivity contribution in [2.75, 3.05) is 36.0 Å². The van der Waals surface area contributed by atoms with Crippen LogP contribution in [-0.2, 0) is 14.4 Å². The summed E-state index contributed by atoms with van der Waals surface area (Å²) in [4.78, 5) is 63.2. The van der Waals surface area contributed by atoms with Crippen molar-refractivity contribution in [3.05, 3.63) is 108 Å². The largest absolute Gasteiger partial charge is 0.458 e. The number of nitrogens with one attached hydrogen (secondary N) is 2. The Morgan fingerprint density at radius 1 is 0.675 bits per heavy atom. The Hall–Kier alpha value is -8.81. The molecule has 0 radical (unpaired) electrons. The molecule has 0 unspecified atom stereocenters. The average Bonchev–Trinajstić information content (AvgIpc) is 4.29. The molecule has 0 bridgehead atoms. The number of aldehydes is 1. The number of fused-ring (bicyclic) bond motifs is 2. The van der Waals surface area contributed by atoms with Crippen LogP contribution < -0.4 is 9.80 Å². The number of carbonyl (C=O) groups is 3. The molecule has 2 aliphatic rings. The first-order valence-corrected chi connectivity index (χ1v) is 24.0. The Bertz CT molecular complexity index is 3540. The second-order valence-electron chi connectivity index (χ2n) is 17.4. The molecule has 19 nitrogen and oxygen atoms in total. The van der Waals surface area contributed by atoms with Crippen molar-refractivity contribution in [2.24, 2.45) is 11.8 Å². The van der Waals surface area contributed by atoms with Crippen LogP contribution in [0.3, 0.4) is 0 Å². The molecule has 0 aliphatic carbocycles. The maximum absolute atomic E-state index is 14.3. The number of anilines is 2. The molecule has 0 aromatic carbocycles. The van der Waals surface area contributed by atoms with Crippen molar-refractivity contribution in [1.29, 1.82) is 10.5 Å². The van der Waals surface area contributed by atoms with Crippen molar-refractivity contribution in [3.63, 3.8) is 0 Å². The molecular weight excluding hydrogens is 1160 g/mol. The number of aromatic nitrogens is 12. The summed E-state index contributed by atoms with van der Waals surface area (Å²) in [5, 5.41) is 29.8. The summed E-state index contributed by atoms with van der Waals surface area (Å²) in [5.41, 5.74) is 4.78. The van der Waals surface area contributed by atoms with Gasteiger partial charge in [0.1, 0.15) is 34.4 Å². The van der Waals surface area contributed by atoms with Gasteiger partial charge in [0.05, 0.1) is 60.8 Å². The van der Waals surface area contributed by atoms with E-state index in [1.165, 1.54) is 24.8 Å². The fraction of sp³-hybridized carbons (Fsp3) is 0.312. The average molecular weight is 1190 g/mol. The zero-order valence-corrected chi connectivity index (χ0v) is 42.1. The standard InChI is InChI=1S/C21H18BrFN8.C21H18F2N8.C4F6O2.C2HF3O/c22-18-2-1-16(23)21(29-18)30-8-5-13(10-30)17(3-6-24)31-11-14(9-28-31)19-15-4-7-25-20(15)27-12-26-19;22-16-1-2-18(29-20(16)23)30-8-5-13(10-30)17(3-6-24)31-11-14(9-28-31)19-15-4-7-25-21(15)27-12-26-19;5-3(6,7)1(11)2(12)4(8,9)10;3-2(4,5)1-6/h2*1-2,4,7,9,11-13,17H,3,5,8,10H2,(H,25,26,27);;1H/t2*13-,17-;;/m00../s1. The molecule has 32 heteroatoms. The minimum atomic E-state index is -5.77. The molecule has 0 amide bonds. The van der Waals surface area contributed by atoms with Gasteiger partial charge in [0.25, 0.3) is 5.95 Å². The molecule has 2 fully saturated rings. The molecular formula is C48H37BrF12N16O3. The molecule has 2 aliphatic heterocycles. The molecule has 8 aromatic rings. The number of alkyl halides is 9. The second kappa shape index (κ2) is 24.9. The number of ketones is 2. The lowest BCUT2D eigenvalue weighted by atomic mass is 9.96. The van der Waals surface area contributed by atoms with Gasteiger partial charge in [0.2, 0.25) is 6.29 Å². The van der Waals surface area contributed by atoms with E-state index in [0.717, 1.165) is 63.5 Å². The number of aromatic amines is 2. The number of pyridine rings is 2. The van der Waals surface area contributed by atoms with E-state index in [1.807, 2.05) is 56.1 Å². The third-order valence-corrected chi connectivity index (χ3v) is 12.8. The SMILES string of the molecule is N#CC[C@@H]([C@H]1CCN(c2ccc(F)c(F)n2)C1)n1cc(-c2ncnc3[nH]ccc23)cn1.N#CC[C@@H]([C@H]1CCN(c2nc(Br)ccc2F)C1)n1cc(-c2ncnc3[nH]ccc23)cn1.O=C(C(=O)C(F)(F)F)C(F)(F)F.O=CC(F)(F)F. The number of hydrogen-bond acceptors (Lipinski definition) is 15. The van der Waals surface area contributed by atoms with Crippen LogP contribution in [0.15, 0.2) is 90.8 Å². The molecule has 8 aromatic heterocycles. The number of nitriles is 2. The Morgan fingerprint density at radius 3 is 1.59 bits per heavy atom. The van der Waals surface area contributed by atoms with Crippen LogP contribution in [0.1, 0.15) is 37.8 Å². The monoisotopic (exact) mass is 1190 g/mol. The van der Waals surface area contributed by atoms with Crippen LogP contribution >= 0.6 is 15.9 Å². The number of H-pyrrole nitrogens is 2. The van der Waals surface area contributed by atoms with Gasteiger partial charge in [-0.25, -0.2) is 33.7 Å². The van der Waals surface area contributed by atoms with Gasteiger partial charge in [0, 0.05) is 84.7 Å². The van der Waals surface area contributed by atoms with Gasteiger partial charge in [-0.15, -0.1) is 0 Å². The predicted octanol–water partition coefficient (Wildman–Crippen LogP) is 9.57. The van der Waals surface area contributed by atoms with E-state index in [4.69, 9.17) is 4.79 Å². The van der Waals surface area contributed by atoms with E-state index in [9.17, 15) is 72.8 Å². The van der Waals surface area contributed by atoms with Gasteiger partial charge < -0.3 is 19.8 Å². The number of Topliss-reactive ketones (excluding diaryl/α,β-unsaturated/α-hetero) is 2. The molecule has 0 saturated carbocycles. The van der Waals surface area contributed by atoms with E-state index < -0.39 is 48.1 Å². The van der Waals surface area contributed by atoms with Crippen LogP contribution in [0.25, 0.3) is 44.6 Å². The molecule has 10 rings (SSSR count). The molecule has 2 N–H and O–H groups in total. The smallest absolute Gasteiger partial charge is 0.356 e. The van der Waals surface area contributed by atoms with Crippen LogP contribution in [0.2, 0.25) is 0 Å². The Morgan fingerprint density at radius 2 is 1.14 bits per heavy atom. The number of rotatable bonds is 11. The third-order valence-electron chi connectivity index (χ3n) is 12.3. The summed E-state index contributed by atoms with van der Waals surface area (Å²) in [6.07, 6.45) is -1.04. The summed E-state index contributed by atoms with van der Waals surface area (Å²) in [5.74, 6) is -8.24. The lowest BCUT2D eigenvalue weighted by Gasteiger charge is -2.23. The Kier molecular flexibility index (Phi) is 18.3. The summed E-state index contributed by atoms with van der Waals surface area (Å²) >= 11 is 3.31. The number of halogens is 13. The number of hydrogen-bond donors (Lipinski definition) is 2. The molecule has 0 spiro atoms. The highest BCUT2D eigenvalue weighted by Gasteiger charge is 2.54. The van der Waals surface area contributed by atoms with E-state index in [-0.39, 0.29) is 36.2 Å². The normalized spacial score (nSPS) is 16.1. The highest BCUT2D eigenvalue weighted by molar-refractivity contribution is 9.10. The number of nitrogens with zero attached hydrogens (tertiary/aromatic N) is 14. The summed E-state index contributed by atoms with van der Waals surface area (Å²) in [7, 11) is 0. The highest BCUT2D eigenvalue weighted by atomic mass is 79.9. The first-order valence-electron chi connectivity index (χ1n) is 23.2. The van der Waals surface area contributed by atoms with Gasteiger partial charge in [-0.2, -0.15) is 69.6 Å². The summed E-state index contributed by atoms with van der Waals surface area (Å²) in [6, 6.07) is 13.7. The molecule has 2 saturated heterocycles. The molecule has 4 atom stereocenters. The van der Waals surface area contributed by atoms with Crippen molar-refractivity contribution in [3.8, 4) is 34.7 Å². The first-order chi connectivity index (χ1) is 37.9. The van der Waals surface area contributed by atoms with E-state index in [0.29, 0.717) is 48.8 Å². The molecule has 80 heavy (non-hydrogen) atoms.